The van der Waals surface area contributed by atoms with Crippen molar-refractivity contribution in [3.63, 3.8) is 0 Å². The Balaban J connectivity index is 1.48. The van der Waals surface area contributed by atoms with Crippen LogP contribution >= 0.6 is 0 Å². The largest absolute Gasteiger partial charge is 0.393 e. The van der Waals surface area contributed by atoms with Crippen LogP contribution in [0.15, 0.2) is 18.5 Å². The predicted octanol–water partition coefficient (Wildman–Crippen LogP) is 1.60. The highest BCUT2D eigenvalue weighted by Crippen LogP contribution is 2.42. The number of carbonyl (C=O) groups excluding carboxylic acids is 1. The van der Waals surface area contributed by atoms with E-state index in [2.05, 4.69) is 19.8 Å². The summed E-state index contributed by atoms with van der Waals surface area (Å²) in [5.74, 6) is 1.06. The first kappa shape index (κ1) is 15.8. The van der Waals surface area contributed by atoms with Crippen molar-refractivity contribution in [2.24, 2.45) is 5.41 Å². The van der Waals surface area contributed by atoms with Crippen LogP contribution in [-0.4, -0.2) is 57.7 Å². The number of aromatic nitrogens is 2. The van der Waals surface area contributed by atoms with E-state index >= 15 is 0 Å². The molecule has 3 fully saturated rings. The first-order valence-corrected chi connectivity index (χ1v) is 9.19. The third kappa shape index (κ3) is 2.77. The number of hydrogen-bond donors (Lipinski definition) is 1. The van der Waals surface area contributed by atoms with Gasteiger partial charge in [0.25, 0.3) is 0 Å². The summed E-state index contributed by atoms with van der Waals surface area (Å²) in [5.41, 5.74) is -0.256. The Hall–Kier alpha value is -1.69. The minimum absolute atomic E-state index is 0.173. The molecule has 1 aromatic rings. The van der Waals surface area contributed by atoms with Gasteiger partial charge < -0.3 is 14.9 Å². The molecule has 0 aromatic carbocycles. The Morgan fingerprint density at radius 1 is 1.08 bits per heavy atom. The fraction of sp³-hybridized carbons (Fsp3) is 0.722. The minimum atomic E-state index is -0.256. The van der Waals surface area contributed by atoms with Gasteiger partial charge in [-0.05, 0) is 51.0 Å². The molecule has 1 N–H and O–H groups in total. The Morgan fingerprint density at radius 2 is 1.83 bits per heavy atom. The van der Waals surface area contributed by atoms with Crippen LogP contribution in [0.2, 0.25) is 0 Å². The summed E-state index contributed by atoms with van der Waals surface area (Å²) in [7, 11) is 0. The van der Waals surface area contributed by atoms with Crippen molar-refractivity contribution >= 4 is 11.9 Å². The molecule has 1 unspecified atom stereocenters. The third-order valence-electron chi connectivity index (χ3n) is 6.06. The van der Waals surface area contributed by atoms with Crippen molar-refractivity contribution in [1.82, 2.24) is 14.9 Å². The first-order valence-electron chi connectivity index (χ1n) is 9.19. The summed E-state index contributed by atoms with van der Waals surface area (Å²) in [5, 5.41) is 9.71. The van der Waals surface area contributed by atoms with Gasteiger partial charge in [0.2, 0.25) is 11.9 Å². The normalized spacial score (nSPS) is 34.1. The number of piperidine rings is 1. The molecule has 4 rings (SSSR count). The van der Waals surface area contributed by atoms with Crippen LogP contribution in [0, 0.1) is 5.41 Å². The highest BCUT2D eigenvalue weighted by Gasteiger charge is 2.50. The van der Waals surface area contributed by atoms with Gasteiger partial charge in [-0.1, -0.05) is 0 Å². The highest BCUT2D eigenvalue weighted by molar-refractivity contribution is 5.86. The smallest absolute Gasteiger partial charge is 0.230 e. The van der Waals surface area contributed by atoms with Crippen LogP contribution in [0.1, 0.15) is 44.9 Å². The SMILES string of the molecule is O=C1N([C@H]2CC[C@@H](O)CC2)CCC12CCCN(c1ncccn1)C2. The zero-order valence-electron chi connectivity index (χ0n) is 14.1. The molecule has 1 saturated carbocycles. The molecule has 24 heavy (non-hydrogen) atoms. The number of amides is 1. The summed E-state index contributed by atoms with van der Waals surface area (Å²) in [6, 6.07) is 2.15. The van der Waals surface area contributed by atoms with Crippen molar-refractivity contribution < 1.29 is 9.90 Å². The molecule has 0 bridgehead atoms. The average molecular weight is 330 g/mol. The fourth-order valence-electron chi connectivity index (χ4n) is 4.70. The standard InChI is InChI=1S/C18H26N4O2/c23-15-5-3-14(4-6-15)22-12-8-18(16(22)24)7-1-11-21(13-18)17-19-9-2-10-20-17/h2,9-10,14-15,23H,1,3-8,11-13H2/t14-,15+,18?. The van der Waals surface area contributed by atoms with Crippen molar-refractivity contribution in [3.8, 4) is 0 Å². The van der Waals surface area contributed by atoms with Gasteiger partial charge in [0.15, 0.2) is 0 Å². The zero-order valence-corrected chi connectivity index (χ0v) is 14.1. The molecule has 3 aliphatic rings. The lowest BCUT2D eigenvalue weighted by atomic mass is 9.78. The van der Waals surface area contributed by atoms with Crippen LogP contribution < -0.4 is 4.90 Å². The summed E-state index contributed by atoms with van der Waals surface area (Å²) in [4.78, 5) is 26.2. The van der Waals surface area contributed by atoms with Crippen molar-refractivity contribution in [2.45, 2.75) is 57.1 Å². The second-order valence-electron chi connectivity index (χ2n) is 7.57. The maximum atomic E-state index is 13.2. The average Bonchev–Trinajstić information content (AvgIpc) is 2.93. The Bertz CT molecular complexity index is 588. The van der Waals surface area contributed by atoms with Gasteiger partial charge in [-0.15, -0.1) is 0 Å². The zero-order chi connectivity index (χ0) is 16.6. The van der Waals surface area contributed by atoms with E-state index < -0.39 is 0 Å². The van der Waals surface area contributed by atoms with E-state index in [1.54, 1.807) is 12.4 Å². The van der Waals surface area contributed by atoms with Crippen molar-refractivity contribution in [1.29, 1.82) is 0 Å². The molecule has 6 heteroatoms. The molecule has 2 aliphatic heterocycles. The van der Waals surface area contributed by atoms with E-state index in [0.717, 1.165) is 70.5 Å². The second-order valence-corrected chi connectivity index (χ2v) is 7.57. The maximum absolute atomic E-state index is 13.2. The molecular weight excluding hydrogens is 304 g/mol. The Kier molecular flexibility index (Phi) is 4.16. The quantitative estimate of drug-likeness (QED) is 0.892. The molecule has 6 nitrogen and oxygen atoms in total. The van der Waals surface area contributed by atoms with E-state index in [4.69, 9.17) is 0 Å². The van der Waals surface area contributed by atoms with Crippen LogP contribution in [-0.2, 0) is 4.79 Å². The van der Waals surface area contributed by atoms with E-state index in [1.807, 2.05) is 6.07 Å². The molecule has 1 aromatic heterocycles. The maximum Gasteiger partial charge on any atom is 0.230 e. The monoisotopic (exact) mass is 330 g/mol. The topological polar surface area (TPSA) is 69.6 Å². The number of likely N-dealkylation sites (tertiary alicyclic amines) is 1. The summed E-state index contributed by atoms with van der Waals surface area (Å²) in [6.07, 6.45) is 9.81. The van der Waals surface area contributed by atoms with E-state index in [-0.39, 0.29) is 11.5 Å². The number of aliphatic hydroxyl groups excluding tert-OH is 1. The molecular formula is C18H26N4O2. The molecule has 1 amide bonds. The van der Waals surface area contributed by atoms with E-state index in [1.165, 1.54) is 0 Å². The highest BCUT2D eigenvalue weighted by atomic mass is 16.3. The van der Waals surface area contributed by atoms with Crippen LogP contribution in [0.3, 0.4) is 0 Å². The van der Waals surface area contributed by atoms with E-state index in [9.17, 15) is 9.90 Å². The number of hydrogen-bond acceptors (Lipinski definition) is 5. The summed E-state index contributed by atoms with van der Waals surface area (Å²) < 4.78 is 0. The van der Waals surface area contributed by atoms with Crippen molar-refractivity contribution in [2.75, 3.05) is 24.5 Å². The van der Waals surface area contributed by atoms with Gasteiger partial charge in [-0.2, -0.15) is 0 Å². The van der Waals surface area contributed by atoms with Gasteiger partial charge in [0.05, 0.1) is 11.5 Å². The molecule has 130 valence electrons. The van der Waals surface area contributed by atoms with Gasteiger partial charge in [0.1, 0.15) is 0 Å². The number of rotatable bonds is 2. The second kappa shape index (κ2) is 6.31. The Labute approximate surface area is 142 Å². The number of aliphatic hydroxyl groups is 1. The number of anilines is 1. The molecule has 3 heterocycles. The lowest BCUT2D eigenvalue weighted by molar-refractivity contribution is -0.139. The van der Waals surface area contributed by atoms with Gasteiger partial charge in [-0.3, -0.25) is 4.79 Å². The minimum Gasteiger partial charge on any atom is -0.393 e. The summed E-state index contributed by atoms with van der Waals surface area (Å²) in [6.45, 7) is 2.53. The fourth-order valence-corrected chi connectivity index (χ4v) is 4.70. The lowest BCUT2D eigenvalue weighted by Gasteiger charge is -2.40. The first-order chi connectivity index (χ1) is 11.7. The molecule has 1 spiro atoms. The molecule has 0 radical (unpaired) electrons. The molecule has 1 atom stereocenters. The number of nitrogens with zero attached hydrogens (tertiary/aromatic N) is 4. The van der Waals surface area contributed by atoms with Gasteiger partial charge in [-0.25, -0.2) is 9.97 Å². The lowest BCUT2D eigenvalue weighted by Crippen LogP contribution is -2.50. The predicted molar refractivity (Wildman–Crippen MR) is 90.5 cm³/mol. The third-order valence-corrected chi connectivity index (χ3v) is 6.06. The van der Waals surface area contributed by atoms with E-state index in [0.29, 0.717) is 11.9 Å². The number of carbonyl (C=O) groups is 1. The van der Waals surface area contributed by atoms with Crippen molar-refractivity contribution in [3.05, 3.63) is 18.5 Å². The molecule has 2 saturated heterocycles. The van der Waals surface area contributed by atoms with Gasteiger partial charge in [0, 0.05) is 38.1 Å². The van der Waals surface area contributed by atoms with Crippen LogP contribution in [0.25, 0.3) is 0 Å². The van der Waals surface area contributed by atoms with Crippen LogP contribution in [0.4, 0.5) is 5.95 Å². The Morgan fingerprint density at radius 3 is 2.58 bits per heavy atom. The molecule has 1 aliphatic carbocycles. The van der Waals surface area contributed by atoms with Crippen LogP contribution in [0.5, 0.6) is 0 Å². The summed E-state index contributed by atoms with van der Waals surface area (Å²) >= 11 is 0. The van der Waals surface area contributed by atoms with Gasteiger partial charge >= 0.3 is 0 Å².